The van der Waals surface area contributed by atoms with Crippen LogP contribution < -0.4 is 15.2 Å². The maximum atomic E-state index is 12.8. The number of para-hydroxylation sites is 1. The molecule has 0 spiro atoms. The molecule has 1 N–H and O–H groups in total. The third kappa shape index (κ3) is 4.74. The standard InChI is InChI=1S/C23H15BrClN3O5/c24-18-11-14(10-17-22(29)26-27(23(17)30)16-7-2-1-3-8-16)12-20(28(31)32)21(18)33-13-15-6-4-5-9-19(15)25/h1-12H,13H2,(H,26,29)/b17-10-. The van der Waals surface area contributed by atoms with E-state index in [1.807, 2.05) is 0 Å². The highest BCUT2D eigenvalue weighted by molar-refractivity contribution is 9.10. The predicted octanol–water partition coefficient (Wildman–Crippen LogP) is 5.05. The van der Waals surface area contributed by atoms with E-state index in [1.54, 1.807) is 54.6 Å². The Hall–Kier alpha value is -3.69. The molecule has 0 aromatic heterocycles. The van der Waals surface area contributed by atoms with Gasteiger partial charge in [-0.2, -0.15) is 0 Å². The molecule has 2 amide bonds. The predicted molar refractivity (Wildman–Crippen MR) is 127 cm³/mol. The van der Waals surface area contributed by atoms with Gasteiger partial charge in [0.1, 0.15) is 12.2 Å². The Balaban J connectivity index is 1.64. The summed E-state index contributed by atoms with van der Waals surface area (Å²) in [5.41, 5.74) is 3.46. The number of halogens is 2. The number of nitrogens with zero attached hydrogens (tertiary/aromatic N) is 2. The van der Waals surface area contributed by atoms with Gasteiger partial charge in [-0.25, -0.2) is 5.01 Å². The van der Waals surface area contributed by atoms with Crippen LogP contribution in [0.2, 0.25) is 5.02 Å². The van der Waals surface area contributed by atoms with Gasteiger partial charge in [-0.3, -0.25) is 25.1 Å². The van der Waals surface area contributed by atoms with Gasteiger partial charge in [-0.05, 0) is 51.8 Å². The molecule has 33 heavy (non-hydrogen) atoms. The molecule has 0 unspecified atom stereocenters. The number of rotatable bonds is 6. The molecule has 1 heterocycles. The number of amides is 2. The maximum absolute atomic E-state index is 12.8. The van der Waals surface area contributed by atoms with Gasteiger partial charge in [-0.15, -0.1) is 0 Å². The number of ether oxygens (including phenoxy) is 1. The van der Waals surface area contributed by atoms with Gasteiger partial charge in [0.05, 0.1) is 15.1 Å². The molecule has 1 fully saturated rings. The minimum absolute atomic E-state index is 0.00943. The molecule has 166 valence electrons. The molecule has 3 aromatic carbocycles. The quantitative estimate of drug-likeness (QED) is 0.209. The van der Waals surface area contributed by atoms with Crippen molar-refractivity contribution in [3.63, 3.8) is 0 Å². The average molecular weight is 529 g/mol. The second-order valence-corrected chi connectivity index (χ2v) is 8.22. The first kappa shape index (κ1) is 22.5. The Bertz CT molecular complexity index is 1300. The third-order valence-corrected chi connectivity index (χ3v) is 5.75. The van der Waals surface area contributed by atoms with Gasteiger partial charge < -0.3 is 4.74 Å². The molecule has 4 rings (SSSR count). The Morgan fingerprint density at radius 2 is 1.79 bits per heavy atom. The summed E-state index contributed by atoms with van der Waals surface area (Å²) in [6, 6.07) is 18.4. The molecule has 1 aliphatic heterocycles. The summed E-state index contributed by atoms with van der Waals surface area (Å²) in [6.45, 7) is 0.0203. The molecule has 0 aliphatic carbocycles. The topological polar surface area (TPSA) is 102 Å². The summed E-state index contributed by atoms with van der Waals surface area (Å²) in [5, 5.41) is 13.3. The van der Waals surface area contributed by atoms with E-state index in [9.17, 15) is 19.7 Å². The number of carbonyl (C=O) groups excluding carboxylic acids is 2. The molecule has 8 nitrogen and oxygen atoms in total. The average Bonchev–Trinajstić information content (AvgIpc) is 3.08. The van der Waals surface area contributed by atoms with Gasteiger partial charge in [0, 0.05) is 16.7 Å². The van der Waals surface area contributed by atoms with Crippen molar-refractivity contribution in [2.75, 3.05) is 5.01 Å². The van der Waals surface area contributed by atoms with E-state index in [0.717, 1.165) is 5.01 Å². The minimum atomic E-state index is -0.610. The van der Waals surface area contributed by atoms with Crippen molar-refractivity contribution in [1.82, 2.24) is 5.43 Å². The summed E-state index contributed by atoms with van der Waals surface area (Å²) < 4.78 is 5.98. The van der Waals surface area contributed by atoms with Gasteiger partial charge in [0.25, 0.3) is 11.8 Å². The first-order valence-electron chi connectivity index (χ1n) is 9.61. The molecule has 0 bridgehead atoms. The molecule has 0 atom stereocenters. The summed E-state index contributed by atoms with van der Waals surface area (Å²) in [5.74, 6) is -1.17. The van der Waals surface area contributed by atoms with Crippen molar-refractivity contribution >= 4 is 56.8 Å². The van der Waals surface area contributed by atoms with Crippen LogP contribution in [0.15, 0.2) is 76.8 Å². The van der Waals surface area contributed by atoms with Crippen LogP contribution in [0.25, 0.3) is 6.08 Å². The van der Waals surface area contributed by atoms with Crippen LogP contribution in [-0.4, -0.2) is 16.7 Å². The highest BCUT2D eigenvalue weighted by atomic mass is 79.9. The highest BCUT2D eigenvalue weighted by Crippen LogP contribution is 2.38. The zero-order chi connectivity index (χ0) is 23.5. The number of anilines is 1. The Labute approximate surface area is 201 Å². The smallest absolute Gasteiger partial charge is 0.312 e. The number of carbonyl (C=O) groups is 2. The number of nitro benzene ring substituents is 1. The van der Waals surface area contributed by atoms with E-state index in [-0.39, 0.29) is 29.2 Å². The lowest BCUT2D eigenvalue weighted by atomic mass is 10.1. The van der Waals surface area contributed by atoms with Crippen LogP contribution in [0.4, 0.5) is 11.4 Å². The molecule has 10 heteroatoms. The zero-order valence-corrected chi connectivity index (χ0v) is 19.2. The fraction of sp³-hybridized carbons (Fsp3) is 0.0435. The second-order valence-electron chi connectivity index (χ2n) is 6.96. The van der Waals surface area contributed by atoms with Crippen LogP contribution in [0.3, 0.4) is 0 Å². The van der Waals surface area contributed by atoms with E-state index in [2.05, 4.69) is 21.4 Å². The van der Waals surface area contributed by atoms with Crippen molar-refractivity contribution in [2.24, 2.45) is 0 Å². The van der Waals surface area contributed by atoms with E-state index < -0.39 is 16.7 Å². The summed E-state index contributed by atoms with van der Waals surface area (Å²) >= 11 is 9.43. The normalized spacial score (nSPS) is 14.5. The monoisotopic (exact) mass is 527 g/mol. The number of hydrogen-bond acceptors (Lipinski definition) is 5. The Morgan fingerprint density at radius 1 is 1.09 bits per heavy atom. The van der Waals surface area contributed by atoms with E-state index in [0.29, 0.717) is 20.7 Å². The van der Waals surface area contributed by atoms with Gasteiger partial charge in [0.2, 0.25) is 5.75 Å². The number of hydrazine groups is 1. The Kier molecular flexibility index (Phi) is 6.43. The van der Waals surface area contributed by atoms with Crippen LogP contribution in [0.1, 0.15) is 11.1 Å². The number of nitrogens with one attached hydrogen (secondary N) is 1. The molecule has 1 saturated heterocycles. The van der Waals surface area contributed by atoms with Crippen molar-refractivity contribution in [1.29, 1.82) is 0 Å². The van der Waals surface area contributed by atoms with E-state index in [4.69, 9.17) is 16.3 Å². The maximum Gasteiger partial charge on any atom is 0.312 e. The number of benzene rings is 3. The fourth-order valence-corrected chi connectivity index (χ4v) is 3.98. The zero-order valence-electron chi connectivity index (χ0n) is 16.8. The van der Waals surface area contributed by atoms with Crippen LogP contribution in [-0.2, 0) is 16.2 Å². The van der Waals surface area contributed by atoms with Gasteiger partial charge in [-0.1, -0.05) is 48.0 Å². The second kappa shape index (κ2) is 9.43. The lowest BCUT2D eigenvalue weighted by Crippen LogP contribution is -2.35. The number of hydrogen-bond donors (Lipinski definition) is 1. The van der Waals surface area contributed by atoms with Crippen LogP contribution >= 0.6 is 27.5 Å². The lowest BCUT2D eigenvalue weighted by molar-refractivity contribution is -0.386. The fourth-order valence-electron chi connectivity index (χ4n) is 3.21. The Morgan fingerprint density at radius 3 is 2.48 bits per heavy atom. The van der Waals surface area contributed by atoms with Crippen molar-refractivity contribution < 1.29 is 19.2 Å². The number of nitro groups is 1. The summed E-state index contributed by atoms with van der Waals surface area (Å²) in [6.07, 6.45) is 1.30. The largest absolute Gasteiger partial charge is 0.481 e. The van der Waals surface area contributed by atoms with E-state index >= 15 is 0 Å². The third-order valence-electron chi connectivity index (χ3n) is 4.79. The summed E-state index contributed by atoms with van der Waals surface area (Å²) in [7, 11) is 0. The summed E-state index contributed by atoms with van der Waals surface area (Å²) in [4.78, 5) is 36.3. The van der Waals surface area contributed by atoms with Crippen molar-refractivity contribution in [3.8, 4) is 5.75 Å². The van der Waals surface area contributed by atoms with Crippen LogP contribution in [0.5, 0.6) is 5.75 Å². The van der Waals surface area contributed by atoms with Gasteiger partial charge >= 0.3 is 5.69 Å². The molecule has 0 radical (unpaired) electrons. The molecule has 0 saturated carbocycles. The molecule has 3 aromatic rings. The first-order valence-corrected chi connectivity index (χ1v) is 10.8. The van der Waals surface area contributed by atoms with E-state index in [1.165, 1.54) is 18.2 Å². The van der Waals surface area contributed by atoms with Crippen LogP contribution in [0, 0.1) is 10.1 Å². The molecule has 1 aliphatic rings. The van der Waals surface area contributed by atoms with Crippen molar-refractivity contribution in [2.45, 2.75) is 6.61 Å². The van der Waals surface area contributed by atoms with Crippen molar-refractivity contribution in [3.05, 3.63) is 103 Å². The minimum Gasteiger partial charge on any atom is -0.481 e. The first-order chi connectivity index (χ1) is 15.8. The highest BCUT2D eigenvalue weighted by Gasteiger charge is 2.34. The lowest BCUT2D eigenvalue weighted by Gasteiger charge is -2.13. The molecular formula is C23H15BrClN3O5. The SMILES string of the molecule is O=C1NN(c2ccccc2)C(=O)/C1=C\c1cc(Br)c(OCc2ccccc2Cl)c([N+](=O)[O-])c1. The molecular weight excluding hydrogens is 514 g/mol. The van der Waals surface area contributed by atoms with Gasteiger partial charge in [0.15, 0.2) is 0 Å².